The second-order valence-corrected chi connectivity index (χ2v) is 25.5. The molecular formula is C66H85Cl2F4N5O14. The highest BCUT2D eigenvalue weighted by Crippen LogP contribution is 2.40. The van der Waals surface area contributed by atoms with Crippen LogP contribution >= 0.6 is 23.2 Å². The molecule has 5 heterocycles. The number of nitrogens with one attached hydrogen (secondary N) is 1. The fourth-order valence-electron chi connectivity index (χ4n) is 12.6. The van der Waals surface area contributed by atoms with E-state index in [1.807, 2.05) is 42.1 Å². The number of rotatable bonds is 14. The molecule has 11 rings (SSSR count). The fourth-order valence-corrected chi connectivity index (χ4v) is 13.1. The first-order chi connectivity index (χ1) is 43.1. The van der Waals surface area contributed by atoms with Crippen LogP contribution < -0.4 is 0 Å². The molecule has 4 aliphatic carbocycles. The zero-order chi connectivity index (χ0) is 66.9. The second kappa shape index (κ2) is 33.7. The van der Waals surface area contributed by atoms with E-state index in [2.05, 4.69) is 14.5 Å². The van der Waals surface area contributed by atoms with E-state index < -0.39 is 23.7 Å². The monoisotopic (exact) mass is 1320 g/mol. The minimum absolute atomic E-state index is 0.0000339. The third-order valence-corrected chi connectivity index (χ3v) is 19.2. The molecule has 0 radical (unpaired) electrons. The number of methoxy groups -OCH3 is 2. The number of ether oxygens (including phenoxy) is 2. The normalized spacial score (nSPS) is 22.8. The number of carbonyl (C=O) groups excluding carboxylic acids is 9. The van der Waals surface area contributed by atoms with Crippen LogP contribution in [0.5, 0.6) is 0 Å². The average molecular weight is 1320 g/mol. The molecule has 4 saturated carbocycles. The molecule has 3 N–H and O–H groups in total. The van der Waals surface area contributed by atoms with E-state index in [1.165, 1.54) is 19.1 Å². The van der Waals surface area contributed by atoms with E-state index in [0.29, 0.717) is 137 Å². The Hall–Kier alpha value is -6.72. The van der Waals surface area contributed by atoms with Gasteiger partial charge in [0.15, 0.2) is 11.6 Å². The van der Waals surface area contributed by atoms with Gasteiger partial charge in [-0.25, -0.2) is 22.4 Å². The third kappa shape index (κ3) is 20.6. The van der Waals surface area contributed by atoms with Crippen molar-refractivity contribution in [1.29, 1.82) is 0 Å². The number of fused-ring (bicyclic) bond motifs is 2. The Morgan fingerprint density at radius 2 is 1.07 bits per heavy atom. The van der Waals surface area contributed by atoms with Gasteiger partial charge in [0.05, 0.1) is 54.3 Å². The Balaban J connectivity index is 0.000000188. The van der Waals surface area contributed by atoms with E-state index in [1.54, 1.807) is 42.2 Å². The Labute approximate surface area is 537 Å². The topological polar surface area (TPSA) is 260 Å². The summed E-state index contributed by atoms with van der Waals surface area (Å²) in [4.78, 5) is 120. The number of carboxylic acid groups (broad SMARTS) is 1. The van der Waals surface area contributed by atoms with Crippen LogP contribution in [0.15, 0.2) is 48.8 Å². The smallest absolute Gasteiger partial charge is 0.328 e. The summed E-state index contributed by atoms with van der Waals surface area (Å²) >= 11 is 12.6. The number of aliphatic hydroxyl groups is 1. The largest absolute Gasteiger partial charge is 0.481 e. The summed E-state index contributed by atoms with van der Waals surface area (Å²) in [6.45, 7) is 0.715. The number of benzene rings is 2. The van der Waals surface area contributed by atoms with Crippen molar-refractivity contribution >= 4 is 104 Å². The summed E-state index contributed by atoms with van der Waals surface area (Å²) < 4.78 is 64.0. The van der Waals surface area contributed by atoms with Gasteiger partial charge in [0.25, 0.3) is 0 Å². The maximum absolute atomic E-state index is 13.4. The van der Waals surface area contributed by atoms with Crippen molar-refractivity contribution in [3.63, 3.8) is 0 Å². The molecule has 0 unspecified atom stereocenters. The summed E-state index contributed by atoms with van der Waals surface area (Å²) in [6, 6.07) is 10.9. The van der Waals surface area contributed by atoms with Crippen molar-refractivity contribution in [1.82, 2.24) is 24.3 Å². The van der Waals surface area contributed by atoms with Crippen LogP contribution in [0.3, 0.4) is 0 Å². The van der Waals surface area contributed by atoms with Crippen LogP contribution in [-0.2, 0) is 54.4 Å². The maximum atomic E-state index is 13.4. The van der Waals surface area contributed by atoms with Gasteiger partial charge in [-0.2, -0.15) is 0 Å². The quantitative estimate of drug-likeness (QED) is 0.0603. The number of aromatic amines is 1. The van der Waals surface area contributed by atoms with Crippen molar-refractivity contribution in [2.24, 2.45) is 23.7 Å². The van der Waals surface area contributed by atoms with Gasteiger partial charge in [0.1, 0.15) is 17.6 Å². The molecule has 500 valence electrons. The zero-order valence-electron chi connectivity index (χ0n) is 52.4. The Bertz CT molecular complexity index is 3240. The van der Waals surface area contributed by atoms with Gasteiger partial charge < -0.3 is 43.9 Å². The maximum Gasteiger partial charge on any atom is 0.328 e. The van der Waals surface area contributed by atoms with E-state index in [9.17, 15) is 65.5 Å². The number of hydrogen-bond acceptors (Lipinski definition) is 13. The lowest BCUT2D eigenvalue weighted by molar-refractivity contribution is -0.148. The Morgan fingerprint density at radius 1 is 0.593 bits per heavy atom. The molecule has 3 saturated heterocycles. The lowest BCUT2D eigenvalue weighted by atomic mass is 9.83. The number of alkyl halides is 4. The number of aliphatic hydroxyl groups excluding tert-OH is 1. The molecule has 3 amide bonds. The van der Waals surface area contributed by atoms with E-state index in [0.717, 1.165) is 34.6 Å². The molecular weight excluding hydrogens is 1230 g/mol. The van der Waals surface area contributed by atoms with Crippen molar-refractivity contribution in [3.8, 4) is 0 Å². The van der Waals surface area contributed by atoms with Gasteiger partial charge in [-0.15, -0.1) is 0 Å². The molecule has 3 aliphatic heterocycles. The van der Waals surface area contributed by atoms with Gasteiger partial charge in [-0.3, -0.25) is 43.2 Å². The predicted octanol–water partition coefficient (Wildman–Crippen LogP) is 11.7. The van der Waals surface area contributed by atoms with Crippen LogP contribution in [0.4, 0.5) is 17.6 Å². The zero-order valence-corrected chi connectivity index (χ0v) is 53.9. The van der Waals surface area contributed by atoms with Gasteiger partial charge in [-0.05, 0) is 107 Å². The van der Waals surface area contributed by atoms with Crippen LogP contribution in [-0.4, -0.2) is 165 Å². The number of esters is 2. The van der Waals surface area contributed by atoms with Gasteiger partial charge >= 0.3 is 17.9 Å². The summed E-state index contributed by atoms with van der Waals surface area (Å²) in [5, 5.41) is 19.6. The van der Waals surface area contributed by atoms with Crippen molar-refractivity contribution in [2.45, 2.75) is 191 Å². The van der Waals surface area contributed by atoms with Crippen LogP contribution in [0, 0.1) is 23.7 Å². The van der Waals surface area contributed by atoms with E-state index in [4.69, 9.17) is 33.4 Å². The van der Waals surface area contributed by atoms with Crippen LogP contribution in [0.25, 0.3) is 21.8 Å². The highest BCUT2D eigenvalue weighted by molar-refractivity contribution is 6.37. The number of likely N-dealkylation sites (tertiary alicyclic amines) is 3. The molecule has 7 aliphatic rings. The average Bonchev–Trinajstić information content (AvgIpc) is 1.66. The summed E-state index contributed by atoms with van der Waals surface area (Å²) in [6.07, 6.45) is 13.9. The summed E-state index contributed by atoms with van der Waals surface area (Å²) in [5.41, 5.74) is 2.91. The number of aromatic nitrogens is 2. The Kier molecular flexibility index (Phi) is 27.2. The number of likely N-dealkylation sites (N-methyl/N-ethyl adjacent to an activating group) is 3. The third-order valence-electron chi connectivity index (χ3n) is 18.6. The number of ketones is 4. The number of carbonyl (C=O) groups is 10. The molecule has 91 heavy (non-hydrogen) atoms. The minimum atomic E-state index is -2.55. The first-order valence-corrected chi connectivity index (χ1v) is 32.0. The molecule has 4 aromatic rings. The lowest BCUT2D eigenvalue weighted by Gasteiger charge is -2.27. The highest BCUT2D eigenvalue weighted by Gasteiger charge is 2.38. The summed E-state index contributed by atoms with van der Waals surface area (Å²) in [5.74, 6) is -6.01. The number of halogens is 6. The standard InChI is InChI=1S/C23H27ClF2N2O2.C17H18ClF2NO.C7H11NO3.C7H10O3.C6H11NO2.C6H8O3/c1-27-16(6-8-21(27)30)13-28-14-17(22-18(24)3-2-4-19(22)28)20(29)7-5-15-9-11-23(25,26)12-10-15;18-13-2-1-3-14-16(13)12(10-21-14)15(22)5-4-11-6-8-17(19,20)9-7-11;1-8-5(7(10)11-2)3-4-6(8)9;1-10-7(9)5-2-3-6(8)4-5;1-7-5(4-8)2-3-6(7)9;7-5-2-1-4(3-5)6(8)9/h2-4,14-16H,5-13H2,1H3;1-3,10-11,21H,4-9H2;5H,3-4H2,1-2H3;5H,2-4H2,1H3;5,8H,2-4H2,1H3;4H,1-3H2,(H,8,9)/t16-;;3*5-;4-/m1.1010/s1. The number of H-pyrrole nitrogens is 1. The molecule has 0 spiro atoms. The number of nitrogens with zero attached hydrogens (tertiary/aromatic N) is 4. The molecule has 19 nitrogen and oxygen atoms in total. The van der Waals surface area contributed by atoms with Gasteiger partial charge in [0.2, 0.25) is 29.6 Å². The van der Waals surface area contributed by atoms with E-state index >= 15 is 0 Å². The number of carboxylic acids is 1. The molecule has 7 fully saturated rings. The number of amides is 3. The molecule has 2 aromatic carbocycles. The highest BCUT2D eigenvalue weighted by atomic mass is 35.5. The van der Waals surface area contributed by atoms with Crippen LogP contribution in [0.2, 0.25) is 10.0 Å². The molecule has 25 heteroatoms. The van der Waals surface area contributed by atoms with Crippen molar-refractivity contribution in [3.05, 3.63) is 70.0 Å². The number of Topliss-reactive ketones (excluding diaryl/α,β-unsaturated/α-hetero) is 4. The van der Waals surface area contributed by atoms with Crippen LogP contribution in [0.1, 0.15) is 175 Å². The summed E-state index contributed by atoms with van der Waals surface area (Å²) in [7, 11) is 7.86. The van der Waals surface area contributed by atoms with Gasteiger partial charge in [0, 0.05) is 157 Å². The molecule has 0 bridgehead atoms. The molecule has 5 atom stereocenters. The second-order valence-electron chi connectivity index (χ2n) is 24.7. The SMILES string of the molecule is CN1C(=O)CC[C@@H]1CO.CN1C(=O)CC[C@@H]1Cn1cc(C(=O)CCC2CCC(F)(F)CC2)c2c(Cl)cccc21.COC(=O)[C@H]1CCC(=O)C1.COC(=O)[C@H]1CCC(=O)N1C.O=C(CCC1CCC(F)(F)CC1)c1c[nH]c2cccc(Cl)c12.O=C1CC[C@H](C(=O)O)C1. The van der Waals surface area contributed by atoms with E-state index in [-0.39, 0.29) is 127 Å². The predicted molar refractivity (Wildman–Crippen MR) is 332 cm³/mol. The van der Waals surface area contributed by atoms with Crippen molar-refractivity contribution < 1.29 is 85.2 Å². The fraction of sp³-hybridized carbons (Fsp3) is 0.606. The Morgan fingerprint density at radius 3 is 1.49 bits per heavy atom. The van der Waals surface area contributed by atoms with Crippen molar-refractivity contribution in [2.75, 3.05) is 42.0 Å². The number of hydrogen-bond donors (Lipinski definition) is 3. The lowest BCUT2D eigenvalue weighted by Crippen LogP contribution is -2.35. The van der Waals surface area contributed by atoms with Gasteiger partial charge in [-0.1, -0.05) is 35.3 Å². The minimum Gasteiger partial charge on any atom is -0.481 e. The first kappa shape index (κ1) is 73.3. The first-order valence-electron chi connectivity index (χ1n) is 31.2. The number of aliphatic carboxylic acids is 1. The molecule has 2 aromatic heterocycles.